The van der Waals surface area contributed by atoms with Crippen LogP contribution in [0, 0.1) is 5.92 Å². The van der Waals surface area contributed by atoms with Crippen molar-refractivity contribution in [2.75, 3.05) is 13.1 Å². The highest BCUT2D eigenvalue weighted by molar-refractivity contribution is 7.99. The summed E-state index contributed by atoms with van der Waals surface area (Å²) in [5.74, 6) is 0.550. The molecule has 2 unspecified atom stereocenters. The fourth-order valence-corrected chi connectivity index (χ4v) is 5.05. The van der Waals surface area contributed by atoms with Crippen LogP contribution in [0.4, 0.5) is 0 Å². The van der Waals surface area contributed by atoms with Gasteiger partial charge in [-0.15, -0.1) is 0 Å². The fraction of sp³-hybridized carbons (Fsp3) is 0.409. The van der Waals surface area contributed by atoms with E-state index in [2.05, 4.69) is 22.1 Å². The minimum absolute atomic E-state index is 0.00106. The number of rotatable bonds is 5. The van der Waals surface area contributed by atoms with Gasteiger partial charge >= 0.3 is 0 Å². The van der Waals surface area contributed by atoms with Crippen LogP contribution in [0.2, 0.25) is 0 Å². The Hall–Kier alpha value is -2.18. The summed E-state index contributed by atoms with van der Waals surface area (Å²) in [7, 11) is 0. The van der Waals surface area contributed by atoms with Crippen molar-refractivity contribution in [1.29, 1.82) is 0 Å². The van der Waals surface area contributed by atoms with E-state index in [-0.39, 0.29) is 17.7 Å². The second-order valence-corrected chi connectivity index (χ2v) is 8.75. The van der Waals surface area contributed by atoms with Gasteiger partial charge in [0, 0.05) is 29.5 Å². The monoisotopic (exact) mass is 395 g/mol. The molecule has 0 aliphatic carbocycles. The van der Waals surface area contributed by atoms with Crippen LogP contribution in [0.3, 0.4) is 0 Å². The predicted octanol–water partition coefficient (Wildman–Crippen LogP) is 3.65. The second kappa shape index (κ2) is 8.05. The Labute approximate surface area is 169 Å². The smallest absolute Gasteiger partial charge is 0.251 e. The van der Waals surface area contributed by atoms with E-state index in [0.717, 1.165) is 23.0 Å². The van der Waals surface area contributed by atoms with E-state index in [0.29, 0.717) is 23.2 Å². The van der Waals surface area contributed by atoms with Crippen molar-refractivity contribution in [2.24, 2.45) is 5.92 Å². The average molecular weight is 396 g/mol. The first-order valence-corrected chi connectivity index (χ1v) is 10.6. The maximum atomic E-state index is 12.7. The maximum absolute atomic E-state index is 12.7. The van der Waals surface area contributed by atoms with Gasteiger partial charge in [-0.3, -0.25) is 14.5 Å². The number of pyridine rings is 1. The molecule has 3 saturated heterocycles. The Morgan fingerprint density at radius 3 is 2.46 bits per heavy atom. The van der Waals surface area contributed by atoms with Gasteiger partial charge in [-0.2, -0.15) is 0 Å². The lowest BCUT2D eigenvalue weighted by atomic mass is 9.79. The van der Waals surface area contributed by atoms with Crippen LogP contribution >= 0.6 is 11.8 Å². The predicted molar refractivity (Wildman–Crippen MR) is 110 cm³/mol. The number of amides is 1. The van der Waals surface area contributed by atoms with E-state index in [9.17, 15) is 9.59 Å². The van der Waals surface area contributed by atoms with Crippen molar-refractivity contribution in [3.05, 3.63) is 53.7 Å². The Balaban J connectivity index is 1.41. The summed E-state index contributed by atoms with van der Waals surface area (Å²) >= 11 is 1.48. The molecule has 0 spiro atoms. The average Bonchev–Trinajstić information content (AvgIpc) is 2.71. The van der Waals surface area contributed by atoms with Gasteiger partial charge in [0.25, 0.3) is 5.91 Å². The van der Waals surface area contributed by atoms with Crippen molar-refractivity contribution < 1.29 is 9.59 Å². The highest BCUT2D eigenvalue weighted by atomic mass is 32.2. The quantitative estimate of drug-likeness (QED) is 0.783. The third-order valence-electron chi connectivity index (χ3n) is 5.90. The molecule has 1 N–H and O–H groups in total. The topological polar surface area (TPSA) is 62.3 Å². The molecule has 3 aliphatic heterocycles. The van der Waals surface area contributed by atoms with Crippen LogP contribution in [0.25, 0.3) is 0 Å². The van der Waals surface area contributed by atoms with Gasteiger partial charge in [0.2, 0.25) is 0 Å². The van der Waals surface area contributed by atoms with E-state index >= 15 is 0 Å². The third-order valence-corrected chi connectivity index (χ3v) is 6.84. The van der Waals surface area contributed by atoms with Gasteiger partial charge in [0.15, 0.2) is 5.78 Å². The van der Waals surface area contributed by atoms with Crippen LogP contribution < -0.4 is 5.32 Å². The molecule has 5 nitrogen and oxygen atoms in total. The normalized spacial score (nSPS) is 26.1. The lowest BCUT2D eigenvalue weighted by molar-refractivity contribution is 0.0217. The minimum atomic E-state index is -0.0450. The zero-order valence-corrected chi connectivity index (χ0v) is 17.0. The largest absolute Gasteiger partial charge is 0.347 e. The molecular weight excluding hydrogens is 370 g/mol. The van der Waals surface area contributed by atoms with Crippen LogP contribution in [-0.4, -0.2) is 46.7 Å². The Morgan fingerprint density at radius 2 is 1.82 bits per heavy atom. The summed E-state index contributed by atoms with van der Waals surface area (Å²) in [5.41, 5.74) is 1.14. The van der Waals surface area contributed by atoms with Gasteiger partial charge in [-0.05, 0) is 75.2 Å². The molecule has 0 saturated carbocycles. The zero-order chi connectivity index (χ0) is 19.7. The summed E-state index contributed by atoms with van der Waals surface area (Å²) < 4.78 is 0. The van der Waals surface area contributed by atoms with E-state index in [4.69, 9.17) is 0 Å². The van der Waals surface area contributed by atoms with Crippen molar-refractivity contribution in [2.45, 2.75) is 48.7 Å². The minimum Gasteiger partial charge on any atom is -0.347 e. The molecule has 2 aromatic rings. The number of nitrogens with zero attached hydrogens (tertiary/aromatic N) is 2. The first-order chi connectivity index (χ1) is 13.5. The molecule has 4 heterocycles. The Bertz CT molecular complexity index is 874. The van der Waals surface area contributed by atoms with Gasteiger partial charge in [-0.1, -0.05) is 17.8 Å². The fourth-order valence-electron chi connectivity index (χ4n) is 4.24. The first kappa shape index (κ1) is 19.2. The van der Waals surface area contributed by atoms with Crippen LogP contribution in [0.5, 0.6) is 0 Å². The number of ketones is 1. The highest BCUT2D eigenvalue weighted by Gasteiger charge is 2.40. The van der Waals surface area contributed by atoms with E-state index < -0.39 is 0 Å². The number of benzene rings is 1. The standard InChI is InChI=1S/C22H25N3O2S/c1-14-21(16-10-12-25(14)13-11-16)24-22(27)17-6-8-18(9-7-17)28-20-5-3-4-19(23-20)15(2)26/h3-9,14,16,21H,10-13H2,1-2H3,(H,24,27). The van der Waals surface area contributed by atoms with E-state index in [1.54, 1.807) is 6.07 Å². The summed E-state index contributed by atoms with van der Waals surface area (Å²) in [4.78, 5) is 32.1. The number of carbonyl (C=O) groups is 2. The van der Waals surface area contributed by atoms with E-state index in [1.165, 1.54) is 31.5 Å². The van der Waals surface area contributed by atoms with Gasteiger partial charge in [-0.25, -0.2) is 4.98 Å². The maximum Gasteiger partial charge on any atom is 0.251 e. The molecule has 6 heteroatoms. The number of Topliss-reactive ketones (excluding diaryl/α,β-unsaturated/α-hetero) is 1. The summed E-state index contributed by atoms with van der Waals surface area (Å²) in [6.07, 6.45) is 2.36. The van der Waals surface area contributed by atoms with Crippen molar-refractivity contribution in [1.82, 2.24) is 15.2 Å². The molecular formula is C22H25N3O2S. The summed E-state index contributed by atoms with van der Waals surface area (Å²) in [6, 6.07) is 13.7. The molecule has 2 atom stereocenters. The molecule has 1 aromatic carbocycles. The molecule has 146 valence electrons. The van der Waals surface area contributed by atoms with Gasteiger partial charge in [0.05, 0.1) is 0 Å². The molecule has 5 rings (SSSR count). The first-order valence-electron chi connectivity index (χ1n) is 9.82. The Morgan fingerprint density at radius 1 is 1.11 bits per heavy atom. The zero-order valence-electron chi connectivity index (χ0n) is 16.2. The third kappa shape index (κ3) is 3.98. The second-order valence-electron chi connectivity index (χ2n) is 7.66. The van der Waals surface area contributed by atoms with Gasteiger partial charge in [0.1, 0.15) is 10.7 Å². The van der Waals surface area contributed by atoms with Crippen LogP contribution in [0.15, 0.2) is 52.4 Å². The Kier molecular flexibility index (Phi) is 5.51. The number of hydrogen-bond donors (Lipinski definition) is 1. The number of fused-ring (bicyclic) bond motifs is 3. The molecule has 28 heavy (non-hydrogen) atoms. The van der Waals surface area contributed by atoms with Crippen molar-refractivity contribution in [3.8, 4) is 0 Å². The number of carbonyl (C=O) groups excluding carboxylic acids is 2. The summed E-state index contributed by atoms with van der Waals surface area (Å²) in [6.45, 7) is 6.05. The lowest BCUT2D eigenvalue weighted by Crippen LogP contribution is -2.62. The van der Waals surface area contributed by atoms with Crippen molar-refractivity contribution in [3.63, 3.8) is 0 Å². The van der Waals surface area contributed by atoms with Crippen LogP contribution in [0.1, 0.15) is 47.5 Å². The molecule has 0 radical (unpaired) electrons. The highest BCUT2D eigenvalue weighted by Crippen LogP contribution is 2.32. The lowest BCUT2D eigenvalue weighted by Gasteiger charge is -2.49. The number of aromatic nitrogens is 1. The number of nitrogens with one attached hydrogen (secondary N) is 1. The molecule has 1 aromatic heterocycles. The SMILES string of the molecule is CC(=O)c1cccc(Sc2ccc(C(=O)NC3C4CCN(CC4)C3C)cc2)n1. The van der Waals surface area contributed by atoms with Gasteiger partial charge < -0.3 is 5.32 Å². The van der Waals surface area contributed by atoms with E-state index in [1.807, 2.05) is 36.4 Å². The molecule has 3 fully saturated rings. The van der Waals surface area contributed by atoms with Crippen LogP contribution in [-0.2, 0) is 0 Å². The molecule has 1 amide bonds. The number of piperidine rings is 3. The van der Waals surface area contributed by atoms with Crippen molar-refractivity contribution >= 4 is 23.5 Å². The molecule has 2 bridgehead atoms. The number of hydrogen-bond acceptors (Lipinski definition) is 5. The summed E-state index contributed by atoms with van der Waals surface area (Å²) in [5, 5.41) is 4.04. The molecule has 3 aliphatic rings.